The number of anilines is 2. The van der Waals surface area contributed by atoms with Crippen LogP contribution >= 0.6 is 0 Å². The first-order valence-electron chi connectivity index (χ1n) is 8.49. The van der Waals surface area contributed by atoms with E-state index in [2.05, 4.69) is 20.6 Å². The van der Waals surface area contributed by atoms with E-state index in [1.165, 1.54) is 23.9 Å². The predicted molar refractivity (Wildman–Crippen MR) is 98.8 cm³/mol. The van der Waals surface area contributed by atoms with Crippen molar-refractivity contribution in [3.8, 4) is 0 Å². The largest absolute Gasteiger partial charge is 0.351 e. The summed E-state index contributed by atoms with van der Waals surface area (Å²) in [5.41, 5.74) is 0.953. The highest BCUT2D eigenvalue weighted by molar-refractivity contribution is 5.92. The van der Waals surface area contributed by atoms with E-state index in [-0.39, 0.29) is 23.2 Å². The summed E-state index contributed by atoms with van der Waals surface area (Å²) in [5.74, 6) is -1.97. The number of hydrogen-bond donors (Lipinski definition) is 2. The Kier molecular flexibility index (Phi) is 6.04. The molecule has 0 spiro atoms. The lowest BCUT2D eigenvalue weighted by atomic mass is 10.1. The Morgan fingerprint density at radius 3 is 2.44 bits per heavy atom. The summed E-state index contributed by atoms with van der Waals surface area (Å²) < 4.78 is 27.4. The SMILES string of the molecule is O=C(NCCCc1ccccc1)c1ccnc(Nc2c(F)cccc2F)n1. The molecule has 0 aliphatic rings. The van der Waals surface area contributed by atoms with Crippen LogP contribution in [-0.4, -0.2) is 22.4 Å². The number of nitrogens with zero attached hydrogens (tertiary/aromatic N) is 2. The third-order valence-electron chi connectivity index (χ3n) is 3.86. The standard InChI is InChI=1S/C20H18F2N4O/c21-15-9-4-10-16(22)18(15)26-20-24-13-11-17(25-20)19(27)23-12-5-8-14-6-2-1-3-7-14/h1-4,6-7,9-11,13H,5,8,12H2,(H,23,27)(H,24,25,26). The number of aryl methyl sites for hydroxylation is 1. The van der Waals surface area contributed by atoms with Gasteiger partial charge in [-0.1, -0.05) is 36.4 Å². The second-order valence-electron chi connectivity index (χ2n) is 5.83. The summed E-state index contributed by atoms with van der Waals surface area (Å²) in [6, 6.07) is 14.9. The number of para-hydroxylation sites is 1. The number of halogens is 2. The van der Waals surface area contributed by atoms with Crippen molar-refractivity contribution in [2.45, 2.75) is 12.8 Å². The van der Waals surface area contributed by atoms with E-state index in [0.29, 0.717) is 6.54 Å². The lowest BCUT2D eigenvalue weighted by molar-refractivity contribution is 0.0948. The van der Waals surface area contributed by atoms with Crippen LogP contribution in [0.25, 0.3) is 0 Å². The Bertz CT molecular complexity index is 899. The van der Waals surface area contributed by atoms with Crippen molar-refractivity contribution in [3.63, 3.8) is 0 Å². The molecule has 0 saturated carbocycles. The average Bonchev–Trinajstić information content (AvgIpc) is 2.69. The van der Waals surface area contributed by atoms with Crippen molar-refractivity contribution < 1.29 is 13.6 Å². The summed E-state index contributed by atoms with van der Waals surface area (Å²) >= 11 is 0. The zero-order chi connectivity index (χ0) is 19.1. The second kappa shape index (κ2) is 8.84. The van der Waals surface area contributed by atoms with Crippen LogP contribution in [0.1, 0.15) is 22.5 Å². The molecule has 1 amide bonds. The van der Waals surface area contributed by atoms with Gasteiger partial charge < -0.3 is 10.6 Å². The highest BCUT2D eigenvalue weighted by Gasteiger charge is 2.12. The maximum atomic E-state index is 13.7. The van der Waals surface area contributed by atoms with Gasteiger partial charge in [0.25, 0.3) is 5.91 Å². The van der Waals surface area contributed by atoms with E-state index >= 15 is 0 Å². The molecule has 0 atom stereocenters. The molecule has 0 fully saturated rings. The third-order valence-corrected chi connectivity index (χ3v) is 3.86. The van der Waals surface area contributed by atoms with E-state index in [0.717, 1.165) is 25.0 Å². The van der Waals surface area contributed by atoms with Crippen molar-refractivity contribution in [3.05, 3.63) is 83.7 Å². The van der Waals surface area contributed by atoms with Gasteiger partial charge in [0.15, 0.2) is 0 Å². The second-order valence-corrected chi connectivity index (χ2v) is 5.83. The Labute approximate surface area is 155 Å². The first kappa shape index (κ1) is 18.4. The van der Waals surface area contributed by atoms with Crippen molar-refractivity contribution in [2.24, 2.45) is 0 Å². The Morgan fingerprint density at radius 1 is 0.963 bits per heavy atom. The molecule has 2 aromatic carbocycles. The fourth-order valence-electron chi connectivity index (χ4n) is 2.50. The Balaban J connectivity index is 1.57. The molecule has 2 N–H and O–H groups in total. The maximum Gasteiger partial charge on any atom is 0.270 e. The van der Waals surface area contributed by atoms with E-state index in [4.69, 9.17) is 0 Å². The van der Waals surface area contributed by atoms with Crippen molar-refractivity contribution >= 4 is 17.5 Å². The van der Waals surface area contributed by atoms with Gasteiger partial charge in [0.1, 0.15) is 23.0 Å². The van der Waals surface area contributed by atoms with Crippen molar-refractivity contribution in [2.75, 3.05) is 11.9 Å². The fraction of sp³-hybridized carbons (Fsp3) is 0.150. The van der Waals surface area contributed by atoms with Crippen LogP contribution in [-0.2, 0) is 6.42 Å². The van der Waals surface area contributed by atoms with Gasteiger partial charge in [0.2, 0.25) is 5.95 Å². The molecular weight excluding hydrogens is 350 g/mol. The molecule has 7 heteroatoms. The zero-order valence-corrected chi connectivity index (χ0v) is 14.5. The highest BCUT2D eigenvalue weighted by atomic mass is 19.1. The molecule has 0 unspecified atom stereocenters. The molecule has 0 radical (unpaired) electrons. The molecule has 1 heterocycles. The lowest BCUT2D eigenvalue weighted by Gasteiger charge is -2.09. The van der Waals surface area contributed by atoms with Gasteiger partial charge in [0, 0.05) is 12.7 Å². The molecule has 0 saturated heterocycles. The molecular formula is C20H18F2N4O. The molecule has 138 valence electrons. The van der Waals surface area contributed by atoms with Crippen molar-refractivity contribution in [1.29, 1.82) is 0 Å². The average molecular weight is 368 g/mol. The maximum absolute atomic E-state index is 13.7. The first-order valence-corrected chi connectivity index (χ1v) is 8.49. The minimum atomic E-state index is -0.769. The van der Waals surface area contributed by atoms with E-state index in [1.54, 1.807) is 0 Å². The monoisotopic (exact) mass is 368 g/mol. The highest BCUT2D eigenvalue weighted by Crippen LogP contribution is 2.21. The quantitative estimate of drug-likeness (QED) is 0.622. The number of hydrogen-bond acceptors (Lipinski definition) is 4. The van der Waals surface area contributed by atoms with Crippen LogP contribution in [0.2, 0.25) is 0 Å². The number of carbonyl (C=O) groups excluding carboxylic acids is 1. The number of rotatable bonds is 7. The number of amides is 1. The summed E-state index contributed by atoms with van der Waals surface area (Å²) in [5, 5.41) is 5.25. The van der Waals surface area contributed by atoms with Crippen LogP contribution in [0.15, 0.2) is 60.8 Å². The van der Waals surface area contributed by atoms with Gasteiger partial charge in [-0.25, -0.2) is 18.7 Å². The van der Waals surface area contributed by atoms with Crippen LogP contribution in [0.3, 0.4) is 0 Å². The van der Waals surface area contributed by atoms with Crippen LogP contribution in [0.4, 0.5) is 20.4 Å². The predicted octanol–water partition coefficient (Wildman–Crippen LogP) is 3.86. The minimum absolute atomic E-state index is 0.0593. The van der Waals surface area contributed by atoms with Gasteiger partial charge in [-0.05, 0) is 36.6 Å². The smallest absolute Gasteiger partial charge is 0.270 e. The van der Waals surface area contributed by atoms with E-state index in [1.807, 2.05) is 30.3 Å². The van der Waals surface area contributed by atoms with Crippen LogP contribution < -0.4 is 10.6 Å². The summed E-state index contributed by atoms with van der Waals surface area (Å²) in [4.78, 5) is 20.1. The lowest BCUT2D eigenvalue weighted by Crippen LogP contribution is -2.26. The molecule has 27 heavy (non-hydrogen) atoms. The molecule has 3 rings (SSSR count). The normalized spacial score (nSPS) is 10.4. The molecule has 3 aromatic rings. The third kappa shape index (κ3) is 5.07. The van der Waals surface area contributed by atoms with Crippen molar-refractivity contribution in [1.82, 2.24) is 15.3 Å². The summed E-state index contributed by atoms with van der Waals surface area (Å²) in [7, 11) is 0. The number of benzene rings is 2. The zero-order valence-electron chi connectivity index (χ0n) is 14.5. The van der Waals surface area contributed by atoms with Gasteiger partial charge in [-0.2, -0.15) is 0 Å². The first-order chi connectivity index (χ1) is 13.1. The molecule has 0 aliphatic carbocycles. The Hall–Kier alpha value is -3.35. The number of nitrogens with one attached hydrogen (secondary N) is 2. The van der Waals surface area contributed by atoms with Gasteiger partial charge in [0.05, 0.1) is 0 Å². The minimum Gasteiger partial charge on any atom is -0.351 e. The Morgan fingerprint density at radius 2 is 1.70 bits per heavy atom. The van der Waals surface area contributed by atoms with Gasteiger partial charge in [-0.15, -0.1) is 0 Å². The molecule has 0 bridgehead atoms. The molecule has 1 aromatic heterocycles. The van der Waals surface area contributed by atoms with Crippen LogP contribution in [0.5, 0.6) is 0 Å². The number of carbonyl (C=O) groups is 1. The molecule has 0 aliphatic heterocycles. The molecule has 5 nitrogen and oxygen atoms in total. The van der Waals surface area contributed by atoms with Gasteiger partial charge in [-0.3, -0.25) is 4.79 Å². The van der Waals surface area contributed by atoms with E-state index < -0.39 is 11.6 Å². The van der Waals surface area contributed by atoms with Gasteiger partial charge >= 0.3 is 0 Å². The summed E-state index contributed by atoms with van der Waals surface area (Å²) in [6.45, 7) is 0.489. The fourth-order valence-corrected chi connectivity index (χ4v) is 2.50. The van der Waals surface area contributed by atoms with Crippen LogP contribution in [0, 0.1) is 11.6 Å². The topological polar surface area (TPSA) is 66.9 Å². The van der Waals surface area contributed by atoms with E-state index in [9.17, 15) is 13.6 Å². The summed E-state index contributed by atoms with van der Waals surface area (Å²) in [6.07, 6.45) is 2.99. The number of aromatic nitrogens is 2.